The second-order valence-electron chi connectivity index (χ2n) is 6.39. The molecule has 0 aromatic carbocycles. The van der Waals surface area contributed by atoms with E-state index in [2.05, 4.69) is 18.9 Å². The van der Waals surface area contributed by atoms with Gasteiger partial charge in [-0.3, -0.25) is 4.90 Å². The second kappa shape index (κ2) is 5.71. The number of hydrogen-bond donors (Lipinski definition) is 1. The summed E-state index contributed by atoms with van der Waals surface area (Å²) in [4.78, 5) is 2.65. The van der Waals surface area contributed by atoms with Gasteiger partial charge in [0.25, 0.3) is 0 Å². The SMILES string of the molecule is CC(C1CC1)N(C)C1(CN)CCCCCCC1. The zero-order chi connectivity index (χ0) is 12.3. The van der Waals surface area contributed by atoms with E-state index >= 15 is 0 Å². The summed E-state index contributed by atoms with van der Waals surface area (Å²) in [5, 5.41) is 0. The summed E-state index contributed by atoms with van der Waals surface area (Å²) in [7, 11) is 2.33. The van der Waals surface area contributed by atoms with Gasteiger partial charge in [-0.2, -0.15) is 0 Å². The molecule has 2 fully saturated rings. The van der Waals surface area contributed by atoms with Gasteiger partial charge in [-0.05, 0) is 45.6 Å². The monoisotopic (exact) mass is 238 g/mol. The molecule has 2 nitrogen and oxygen atoms in total. The molecule has 17 heavy (non-hydrogen) atoms. The predicted octanol–water partition coefficient (Wildman–Crippen LogP) is 3.16. The molecule has 0 amide bonds. The van der Waals surface area contributed by atoms with Crippen LogP contribution < -0.4 is 5.73 Å². The molecule has 0 radical (unpaired) electrons. The molecule has 2 aliphatic rings. The molecule has 100 valence electrons. The van der Waals surface area contributed by atoms with E-state index in [-0.39, 0.29) is 0 Å². The van der Waals surface area contributed by atoms with Crippen molar-refractivity contribution in [3.8, 4) is 0 Å². The number of hydrogen-bond acceptors (Lipinski definition) is 2. The van der Waals surface area contributed by atoms with Crippen molar-refractivity contribution >= 4 is 0 Å². The van der Waals surface area contributed by atoms with Gasteiger partial charge in [0, 0.05) is 18.1 Å². The molecule has 0 spiro atoms. The second-order valence-corrected chi connectivity index (χ2v) is 6.39. The minimum Gasteiger partial charge on any atom is -0.329 e. The molecule has 2 heteroatoms. The lowest BCUT2D eigenvalue weighted by atomic mass is 9.81. The van der Waals surface area contributed by atoms with Crippen LogP contribution in [-0.2, 0) is 0 Å². The van der Waals surface area contributed by atoms with E-state index in [4.69, 9.17) is 5.73 Å². The summed E-state index contributed by atoms with van der Waals surface area (Å²) in [5.74, 6) is 0.953. The van der Waals surface area contributed by atoms with E-state index < -0.39 is 0 Å². The normalized spacial score (nSPS) is 27.5. The molecule has 2 N–H and O–H groups in total. The maximum Gasteiger partial charge on any atom is 0.0331 e. The fraction of sp³-hybridized carbons (Fsp3) is 1.00. The summed E-state index contributed by atoms with van der Waals surface area (Å²) < 4.78 is 0. The van der Waals surface area contributed by atoms with Crippen molar-refractivity contribution in [2.45, 2.75) is 76.3 Å². The van der Waals surface area contributed by atoms with Crippen molar-refractivity contribution in [3.63, 3.8) is 0 Å². The third kappa shape index (κ3) is 3.03. The highest BCUT2D eigenvalue weighted by molar-refractivity contribution is 4.96. The Kier molecular flexibility index (Phi) is 4.48. The van der Waals surface area contributed by atoms with Gasteiger partial charge in [0.15, 0.2) is 0 Å². The third-order valence-electron chi connectivity index (χ3n) is 5.33. The van der Waals surface area contributed by atoms with Gasteiger partial charge in [-0.15, -0.1) is 0 Å². The Morgan fingerprint density at radius 3 is 2.12 bits per heavy atom. The van der Waals surface area contributed by atoms with Crippen LogP contribution in [0.15, 0.2) is 0 Å². The van der Waals surface area contributed by atoms with Crippen molar-refractivity contribution < 1.29 is 0 Å². The highest BCUT2D eigenvalue weighted by atomic mass is 15.2. The first-order valence-electron chi connectivity index (χ1n) is 7.63. The van der Waals surface area contributed by atoms with Crippen molar-refractivity contribution in [2.24, 2.45) is 11.7 Å². The van der Waals surface area contributed by atoms with Crippen LogP contribution in [0.1, 0.15) is 64.7 Å². The molecular formula is C15H30N2. The molecule has 0 bridgehead atoms. The highest BCUT2D eigenvalue weighted by Gasteiger charge is 2.40. The first-order chi connectivity index (χ1) is 8.19. The first kappa shape index (κ1) is 13.4. The lowest BCUT2D eigenvalue weighted by Gasteiger charge is -2.46. The summed E-state index contributed by atoms with van der Waals surface area (Å²) in [5.41, 5.74) is 6.48. The van der Waals surface area contributed by atoms with Gasteiger partial charge in [0.1, 0.15) is 0 Å². The molecule has 0 aromatic heterocycles. The van der Waals surface area contributed by atoms with E-state index in [1.54, 1.807) is 0 Å². The lowest BCUT2D eigenvalue weighted by molar-refractivity contribution is 0.0503. The van der Waals surface area contributed by atoms with Crippen LogP contribution in [0.2, 0.25) is 0 Å². The molecule has 1 atom stereocenters. The molecule has 0 saturated heterocycles. The zero-order valence-corrected chi connectivity index (χ0v) is 11.8. The van der Waals surface area contributed by atoms with E-state index in [9.17, 15) is 0 Å². The van der Waals surface area contributed by atoms with Gasteiger partial charge in [0.2, 0.25) is 0 Å². The van der Waals surface area contributed by atoms with Crippen molar-refractivity contribution in [3.05, 3.63) is 0 Å². The van der Waals surface area contributed by atoms with E-state index in [1.807, 2.05) is 0 Å². The highest BCUT2D eigenvalue weighted by Crippen LogP contribution is 2.39. The van der Waals surface area contributed by atoms with Crippen LogP contribution in [0.4, 0.5) is 0 Å². The molecule has 0 heterocycles. The molecule has 2 saturated carbocycles. The molecular weight excluding hydrogens is 208 g/mol. The Morgan fingerprint density at radius 2 is 1.65 bits per heavy atom. The largest absolute Gasteiger partial charge is 0.329 e. The smallest absolute Gasteiger partial charge is 0.0331 e. The summed E-state index contributed by atoms with van der Waals surface area (Å²) in [6.45, 7) is 3.26. The summed E-state index contributed by atoms with van der Waals surface area (Å²) in [6, 6.07) is 0.734. The van der Waals surface area contributed by atoms with Gasteiger partial charge in [-0.1, -0.05) is 32.1 Å². The number of likely N-dealkylation sites (N-methyl/N-ethyl adjacent to an activating group) is 1. The fourth-order valence-corrected chi connectivity index (χ4v) is 3.59. The van der Waals surface area contributed by atoms with Gasteiger partial charge >= 0.3 is 0 Å². The van der Waals surface area contributed by atoms with E-state index in [0.717, 1.165) is 18.5 Å². The van der Waals surface area contributed by atoms with Crippen molar-refractivity contribution in [2.75, 3.05) is 13.6 Å². The lowest BCUT2D eigenvalue weighted by Crippen LogP contribution is -2.56. The van der Waals surface area contributed by atoms with Crippen LogP contribution in [0, 0.1) is 5.92 Å². The Bertz CT molecular complexity index is 227. The van der Waals surface area contributed by atoms with Gasteiger partial charge in [0.05, 0.1) is 0 Å². The number of nitrogens with zero attached hydrogens (tertiary/aromatic N) is 1. The molecule has 0 aromatic rings. The van der Waals surface area contributed by atoms with E-state index in [1.165, 1.54) is 57.8 Å². The molecule has 2 aliphatic carbocycles. The average Bonchev–Trinajstić information content (AvgIpc) is 3.12. The van der Waals surface area contributed by atoms with Crippen molar-refractivity contribution in [1.82, 2.24) is 4.90 Å². The average molecular weight is 238 g/mol. The summed E-state index contributed by atoms with van der Waals surface area (Å²) in [6.07, 6.45) is 12.5. The van der Waals surface area contributed by atoms with Crippen LogP contribution in [-0.4, -0.2) is 30.1 Å². The third-order valence-corrected chi connectivity index (χ3v) is 5.33. The Labute approximate surface area is 107 Å². The number of nitrogens with two attached hydrogens (primary N) is 1. The topological polar surface area (TPSA) is 29.3 Å². The summed E-state index contributed by atoms with van der Waals surface area (Å²) >= 11 is 0. The molecule has 0 aliphatic heterocycles. The van der Waals surface area contributed by atoms with Crippen LogP contribution in [0.5, 0.6) is 0 Å². The van der Waals surface area contributed by atoms with Crippen LogP contribution >= 0.6 is 0 Å². The zero-order valence-electron chi connectivity index (χ0n) is 11.8. The maximum absolute atomic E-state index is 6.18. The van der Waals surface area contributed by atoms with Crippen LogP contribution in [0.3, 0.4) is 0 Å². The fourth-order valence-electron chi connectivity index (χ4n) is 3.59. The quantitative estimate of drug-likeness (QED) is 0.815. The van der Waals surface area contributed by atoms with Gasteiger partial charge in [-0.25, -0.2) is 0 Å². The molecule has 2 rings (SSSR count). The number of rotatable bonds is 4. The van der Waals surface area contributed by atoms with Crippen molar-refractivity contribution in [1.29, 1.82) is 0 Å². The standard InChI is InChI=1S/C15H30N2/c1-13(14-8-9-14)17(2)15(12-16)10-6-4-3-5-7-11-15/h13-14H,3-12,16H2,1-2H3. The first-order valence-corrected chi connectivity index (χ1v) is 7.63. The Balaban J connectivity index is 2.03. The minimum absolute atomic E-state index is 0.308. The maximum atomic E-state index is 6.18. The van der Waals surface area contributed by atoms with E-state index in [0.29, 0.717) is 5.54 Å². The predicted molar refractivity (Wildman–Crippen MR) is 74.1 cm³/mol. The van der Waals surface area contributed by atoms with Crippen LogP contribution in [0.25, 0.3) is 0 Å². The van der Waals surface area contributed by atoms with Gasteiger partial charge < -0.3 is 5.73 Å². The Hall–Kier alpha value is -0.0800. The molecule has 1 unspecified atom stereocenters. The Morgan fingerprint density at radius 1 is 1.12 bits per heavy atom. The minimum atomic E-state index is 0.308.